The number of methoxy groups -OCH3 is 1. The first-order chi connectivity index (χ1) is 10.1. The topological polar surface area (TPSA) is 34.4 Å². The maximum Gasteiger partial charge on any atom is 0.176 e. The smallest absolute Gasteiger partial charge is 0.176 e. The minimum absolute atomic E-state index is 0.192. The Morgan fingerprint density at radius 1 is 1.19 bits per heavy atom. The molecule has 1 aromatic carbocycles. The van der Waals surface area contributed by atoms with Crippen LogP contribution in [0, 0.1) is 5.92 Å². The number of hydrogen-bond acceptors (Lipinski definition) is 3. The lowest BCUT2D eigenvalue weighted by molar-refractivity contribution is 0.312. The molecule has 116 valence electrons. The van der Waals surface area contributed by atoms with Crippen molar-refractivity contribution in [2.75, 3.05) is 7.11 Å². The predicted molar refractivity (Wildman–Crippen MR) is 87.9 cm³/mol. The van der Waals surface area contributed by atoms with Crippen LogP contribution in [0.3, 0.4) is 0 Å². The number of benzene rings is 1. The average molecular weight is 289 g/mol. The maximum absolute atomic E-state index is 6.01. The number of rotatable bonds is 7. The molecule has 0 radical (unpaired) electrons. The van der Waals surface area contributed by atoms with E-state index >= 15 is 0 Å². The molecule has 0 fully saturated rings. The lowest BCUT2D eigenvalue weighted by atomic mass is 9.95. The van der Waals surface area contributed by atoms with Gasteiger partial charge in [0.2, 0.25) is 0 Å². The van der Waals surface area contributed by atoms with Gasteiger partial charge in [-0.15, -0.1) is 0 Å². The van der Waals surface area contributed by atoms with Crippen molar-refractivity contribution in [2.45, 2.75) is 52.6 Å². The van der Waals surface area contributed by atoms with Crippen LogP contribution in [0.1, 0.15) is 52.3 Å². The average Bonchev–Trinajstić information content (AvgIpc) is 2.92. The van der Waals surface area contributed by atoms with Crippen LogP contribution in [0.5, 0.6) is 5.75 Å². The second-order valence-electron chi connectivity index (χ2n) is 5.78. The minimum Gasteiger partial charge on any atom is -0.493 e. The van der Waals surface area contributed by atoms with Crippen LogP contribution in [-0.2, 0) is 0 Å². The van der Waals surface area contributed by atoms with Crippen LogP contribution < -0.4 is 10.1 Å². The van der Waals surface area contributed by atoms with Gasteiger partial charge in [0.15, 0.2) is 11.3 Å². The zero-order valence-corrected chi connectivity index (χ0v) is 13.8. The van der Waals surface area contributed by atoms with Crippen LogP contribution in [0.25, 0.3) is 11.0 Å². The van der Waals surface area contributed by atoms with Crippen LogP contribution in [0.15, 0.2) is 28.7 Å². The van der Waals surface area contributed by atoms with E-state index in [0.29, 0.717) is 12.0 Å². The molecule has 21 heavy (non-hydrogen) atoms. The fourth-order valence-corrected chi connectivity index (χ4v) is 3.04. The standard InChI is InChI=1S/C18H27NO2/c1-6-14(7-2)12(3)19-13(4)17-11-15-9-8-10-16(20-5)18(15)21-17/h8-14,19H,6-7H2,1-5H3. The van der Waals surface area contributed by atoms with Gasteiger partial charge >= 0.3 is 0 Å². The third-order valence-corrected chi connectivity index (χ3v) is 4.44. The van der Waals surface area contributed by atoms with Crippen LogP contribution in [0.2, 0.25) is 0 Å². The molecule has 3 nitrogen and oxygen atoms in total. The van der Waals surface area contributed by atoms with E-state index < -0.39 is 0 Å². The SMILES string of the molecule is CCC(CC)C(C)NC(C)c1cc2cccc(OC)c2o1. The monoisotopic (exact) mass is 289 g/mol. The van der Waals surface area contributed by atoms with Gasteiger partial charge in [0.25, 0.3) is 0 Å². The molecule has 0 aliphatic carbocycles. The van der Waals surface area contributed by atoms with Crippen molar-refractivity contribution in [3.8, 4) is 5.75 Å². The van der Waals surface area contributed by atoms with Crippen LogP contribution in [0.4, 0.5) is 0 Å². The van der Waals surface area contributed by atoms with Gasteiger partial charge in [-0.1, -0.05) is 38.8 Å². The normalized spacial score (nSPS) is 14.6. The molecule has 1 aromatic heterocycles. The quantitative estimate of drug-likeness (QED) is 0.786. The highest BCUT2D eigenvalue weighted by atomic mass is 16.5. The highest BCUT2D eigenvalue weighted by Gasteiger charge is 2.19. The molecule has 0 aliphatic rings. The van der Waals surface area contributed by atoms with Crippen molar-refractivity contribution in [1.29, 1.82) is 0 Å². The van der Waals surface area contributed by atoms with E-state index in [0.717, 1.165) is 22.5 Å². The lowest BCUT2D eigenvalue weighted by Gasteiger charge is -2.25. The van der Waals surface area contributed by atoms with E-state index in [1.165, 1.54) is 12.8 Å². The predicted octanol–water partition coefficient (Wildman–Crippen LogP) is 4.92. The Labute approximate surface area is 127 Å². The molecule has 0 saturated heterocycles. The molecule has 2 rings (SSSR count). The number of hydrogen-bond donors (Lipinski definition) is 1. The first-order valence-electron chi connectivity index (χ1n) is 7.93. The molecule has 0 spiro atoms. The Balaban J connectivity index is 2.18. The molecule has 3 heteroatoms. The highest BCUT2D eigenvalue weighted by molar-refractivity contribution is 5.83. The molecule has 2 unspecified atom stereocenters. The minimum atomic E-state index is 0.192. The molecule has 0 bridgehead atoms. The summed E-state index contributed by atoms with van der Waals surface area (Å²) in [6.45, 7) is 8.92. The summed E-state index contributed by atoms with van der Waals surface area (Å²) in [4.78, 5) is 0. The third kappa shape index (κ3) is 3.41. The van der Waals surface area contributed by atoms with E-state index in [1.54, 1.807) is 7.11 Å². The first kappa shape index (κ1) is 15.9. The second kappa shape index (κ2) is 6.99. The highest BCUT2D eigenvalue weighted by Crippen LogP contribution is 2.31. The molecule has 1 heterocycles. The number of para-hydroxylation sites is 1. The molecule has 2 aromatic rings. The van der Waals surface area contributed by atoms with Crippen molar-refractivity contribution in [3.05, 3.63) is 30.0 Å². The Morgan fingerprint density at radius 2 is 1.90 bits per heavy atom. The van der Waals surface area contributed by atoms with Crippen molar-refractivity contribution in [3.63, 3.8) is 0 Å². The Hall–Kier alpha value is -1.48. The Bertz CT molecular complexity index is 572. The van der Waals surface area contributed by atoms with Crippen molar-refractivity contribution >= 4 is 11.0 Å². The van der Waals surface area contributed by atoms with E-state index in [9.17, 15) is 0 Å². The molecule has 1 N–H and O–H groups in total. The van der Waals surface area contributed by atoms with Gasteiger partial charge < -0.3 is 14.5 Å². The van der Waals surface area contributed by atoms with Gasteiger partial charge in [-0.3, -0.25) is 0 Å². The molecular formula is C18H27NO2. The summed E-state index contributed by atoms with van der Waals surface area (Å²) in [5, 5.41) is 4.75. The zero-order chi connectivity index (χ0) is 15.4. The Morgan fingerprint density at radius 3 is 2.52 bits per heavy atom. The summed E-state index contributed by atoms with van der Waals surface area (Å²) in [6, 6.07) is 8.76. The van der Waals surface area contributed by atoms with Gasteiger partial charge in [-0.05, 0) is 31.9 Å². The maximum atomic E-state index is 6.01. The fraction of sp³-hybridized carbons (Fsp3) is 0.556. The third-order valence-electron chi connectivity index (χ3n) is 4.44. The van der Waals surface area contributed by atoms with Gasteiger partial charge in [-0.2, -0.15) is 0 Å². The van der Waals surface area contributed by atoms with Crippen LogP contribution >= 0.6 is 0 Å². The summed E-state index contributed by atoms with van der Waals surface area (Å²) in [5.74, 6) is 2.46. The Kier molecular flexibility index (Phi) is 5.29. The second-order valence-corrected chi connectivity index (χ2v) is 5.78. The van der Waals surface area contributed by atoms with Crippen molar-refractivity contribution < 1.29 is 9.15 Å². The van der Waals surface area contributed by atoms with Crippen molar-refractivity contribution in [1.82, 2.24) is 5.32 Å². The summed E-state index contributed by atoms with van der Waals surface area (Å²) < 4.78 is 11.4. The van der Waals surface area contributed by atoms with E-state index in [-0.39, 0.29) is 6.04 Å². The zero-order valence-electron chi connectivity index (χ0n) is 13.8. The number of ether oxygens (including phenoxy) is 1. The summed E-state index contributed by atoms with van der Waals surface area (Å²) in [6.07, 6.45) is 2.40. The molecule has 2 atom stereocenters. The molecule has 0 amide bonds. The van der Waals surface area contributed by atoms with Gasteiger partial charge in [0.05, 0.1) is 13.2 Å². The number of nitrogens with one attached hydrogen (secondary N) is 1. The first-order valence-corrected chi connectivity index (χ1v) is 7.93. The fourth-order valence-electron chi connectivity index (χ4n) is 3.04. The van der Waals surface area contributed by atoms with Crippen LogP contribution in [-0.4, -0.2) is 13.2 Å². The molecule has 0 saturated carbocycles. The number of fused-ring (bicyclic) bond motifs is 1. The summed E-state index contributed by atoms with van der Waals surface area (Å²) in [7, 11) is 1.67. The van der Waals surface area contributed by atoms with Crippen molar-refractivity contribution in [2.24, 2.45) is 5.92 Å². The summed E-state index contributed by atoms with van der Waals surface area (Å²) >= 11 is 0. The van der Waals surface area contributed by atoms with Gasteiger partial charge in [0.1, 0.15) is 5.76 Å². The lowest BCUT2D eigenvalue weighted by Crippen LogP contribution is -2.34. The largest absolute Gasteiger partial charge is 0.493 e. The molecular weight excluding hydrogens is 262 g/mol. The van der Waals surface area contributed by atoms with Gasteiger partial charge in [-0.25, -0.2) is 0 Å². The van der Waals surface area contributed by atoms with E-state index in [2.05, 4.69) is 45.1 Å². The van der Waals surface area contributed by atoms with Gasteiger partial charge in [0, 0.05) is 11.4 Å². The van der Waals surface area contributed by atoms with E-state index in [1.807, 2.05) is 12.1 Å². The summed E-state index contributed by atoms with van der Waals surface area (Å²) in [5.41, 5.74) is 0.832. The van der Waals surface area contributed by atoms with E-state index in [4.69, 9.17) is 9.15 Å². The number of furan rings is 1. The molecule has 0 aliphatic heterocycles.